The van der Waals surface area contributed by atoms with Crippen LogP contribution < -0.4 is 5.56 Å². The summed E-state index contributed by atoms with van der Waals surface area (Å²) in [5, 5.41) is 4.13. The number of pyridine rings is 2. The van der Waals surface area contributed by atoms with Gasteiger partial charge in [-0.25, -0.2) is 13.9 Å². The van der Waals surface area contributed by atoms with E-state index in [0.29, 0.717) is 36.5 Å². The summed E-state index contributed by atoms with van der Waals surface area (Å²) >= 11 is 0. The van der Waals surface area contributed by atoms with Gasteiger partial charge in [0.05, 0.1) is 0 Å². The first-order valence-electron chi connectivity index (χ1n) is 9.18. The van der Waals surface area contributed by atoms with Gasteiger partial charge in [-0.1, -0.05) is 6.07 Å². The third kappa shape index (κ3) is 2.98. The highest BCUT2D eigenvalue weighted by molar-refractivity contribution is 5.93. The molecular formula is C21H16FN5O2. The Morgan fingerprint density at radius 2 is 1.90 bits per heavy atom. The lowest BCUT2D eigenvalue weighted by Gasteiger charge is -2.29. The molecule has 4 heterocycles. The summed E-state index contributed by atoms with van der Waals surface area (Å²) in [7, 11) is 0. The largest absolute Gasteiger partial charge is 0.333 e. The predicted octanol–water partition coefficient (Wildman–Crippen LogP) is 2.22. The second-order valence-electron chi connectivity index (χ2n) is 6.93. The number of carbonyl (C=O) groups is 1. The Bertz CT molecular complexity index is 1290. The minimum atomic E-state index is -0.362. The topological polar surface area (TPSA) is 72.5 Å². The lowest BCUT2D eigenvalue weighted by Crippen LogP contribution is -2.38. The zero-order valence-corrected chi connectivity index (χ0v) is 15.3. The SMILES string of the molecule is O=C(c1cccc2ncnn12)N1CCc2cc(=O)n(-c3ccc(F)cc3)cc2C1. The van der Waals surface area contributed by atoms with Crippen LogP contribution in [-0.2, 0) is 13.0 Å². The molecule has 0 saturated heterocycles. The Labute approximate surface area is 164 Å². The lowest BCUT2D eigenvalue weighted by atomic mass is 10.0. The van der Waals surface area contributed by atoms with Gasteiger partial charge in [-0.15, -0.1) is 0 Å². The molecule has 1 aliphatic heterocycles. The van der Waals surface area contributed by atoms with Crippen molar-refractivity contribution in [2.75, 3.05) is 6.54 Å². The molecule has 144 valence electrons. The fourth-order valence-corrected chi connectivity index (χ4v) is 3.68. The van der Waals surface area contributed by atoms with Crippen LogP contribution in [0.3, 0.4) is 0 Å². The van der Waals surface area contributed by atoms with E-state index in [2.05, 4.69) is 10.1 Å². The number of amides is 1. The van der Waals surface area contributed by atoms with E-state index in [4.69, 9.17) is 0 Å². The minimum Gasteiger partial charge on any atom is -0.333 e. The van der Waals surface area contributed by atoms with Gasteiger partial charge in [-0.05, 0) is 53.9 Å². The van der Waals surface area contributed by atoms with Crippen molar-refractivity contribution in [3.8, 4) is 5.69 Å². The number of rotatable bonds is 2. The van der Waals surface area contributed by atoms with E-state index in [9.17, 15) is 14.0 Å². The van der Waals surface area contributed by atoms with Crippen molar-refractivity contribution in [3.63, 3.8) is 0 Å². The van der Waals surface area contributed by atoms with Crippen molar-refractivity contribution in [3.05, 3.63) is 94.0 Å². The normalized spacial score (nSPS) is 13.5. The van der Waals surface area contributed by atoms with E-state index < -0.39 is 0 Å². The van der Waals surface area contributed by atoms with Gasteiger partial charge >= 0.3 is 0 Å². The van der Waals surface area contributed by atoms with E-state index in [1.165, 1.54) is 27.5 Å². The summed E-state index contributed by atoms with van der Waals surface area (Å²) in [6, 6.07) is 12.6. The van der Waals surface area contributed by atoms with Gasteiger partial charge < -0.3 is 4.90 Å². The molecule has 3 aromatic heterocycles. The van der Waals surface area contributed by atoms with Crippen LogP contribution in [-0.4, -0.2) is 36.5 Å². The Kier molecular flexibility index (Phi) is 3.97. The summed E-state index contributed by atoms with van der Waals surface area (Å²) in [4.78, 5) is 31.5. The van der Waals surface area contributed by atoms with Crippen LogP contribution in [0, 0.1) is 5.82 Å². The molecule has 0 unspecified atom stereocenters. The third-order valence-electron chi connectivity index (χ3n) is 5.16. The molecule has 5 rings (SSSR count). The lowest BCUT2D eigenvalue weighted by molar-refractivity contribution is 0.0725. The smallest absolute Gasteiger partial charge is 0.272 e. The number of nitrogens with zero attached hydrogens (tertiary/aromatic N) is 5. The van der Waals surface area contributed by atoms with Crippen LogP contribution in [0.1, 0.15) is 21.6 Å². The number of halogens is 1. The number of hydrogen-bond acceptors (Lipinski definition) is 4. The van der Waals surface area contributed by atoms with E-state index >= 15 is 0 Å². The van der Waals surface area contributed by atoms with Crippen LogP contribution in [0.2, 0.25) is 0 Å². The average Bonchev–Trinajstić information content (AvgIpc) is 3.22. The van der Waals surface area contributed by atoms with E-state index in [1.807, 2.05) is 0 Å². The second-order valence-corrected chi connectivity index (χ2v) is 6.93. The molecule has 0 fully saturated rings. The second kappa shape index (κ2) is 6.66. The summed E-state index contributed by atoms with van der Waals surface area (Å²) in [5.74, 6) is -0.509. The van der Waals surface area contributed by atoms with Gasteiger partial charge in [0.1, 0.15) is 17.8 Å². The van der Waals surface area contributed by atoms with E-state index in [1.54, 1.807) is 47.5 Å². The first-order chi connectivity index (χ1) is 14.1. The highest BCUT2D eigenvalue weighted by atomic mass is 19.1. The first kappa shape index (κ1) is 17.3. The molecule has 7 nitrogen and oxygen atoms in total. The van der Waals surface area contributed by atoms with Crippen LogP contribution in [0.4, 0.5) is 4.39 Å². The molecule has 1 aliphatic rings. The van der Waals surface area contributed by atoms with Crippen molar-refractivity contribution in [2.24, 2.45) is 0 Å². The highest BCUT2D eigenvalue weighted by Crippen LogP contribution is 2.21. The summed E-state index contributed by atoms with van der Waals surface area (Å²) in [6.07, 6.45) is 3.74. The molecule has 0 radical (unpaired) electrons. The van der Waals surface area contributed by atoms with Crippen LogP contribution in [0.25, 0.3) is 11.3 Å². The molecule has 0 atom stereocenters. The maximum Gasteiger partial charge on any atom is 0.272 e. The van der Waals surface area contributed by atoms with E-state index in [-0.39, 0.29) is 17.3 Å². The van der Waals surface area contributed by atoms with Gasteiger partial charge in [-0.3, -0.25) is 14.2 Å². The number of hydrogen-bond donors (Lipinski definition) is 0. The van der Waals surface area contributed by atoms with Crippen molar-refractivity contribution in [1.82, 2.24) is 24.1 Å². The molecule has 0 spiro atoms. The molecule has 0 N–H and O–H groups in total. The Morgan fingerprint density at radius 1 is 1.07 bits per heavy atom. The monoisotopic (exact) mass is 389 g/mol. The Hall–Kier alpha value is -3.81. The standard InChI is InChI=1S/C21H16FN5O2/c22-16-4-6-17(7-5-16)26-12-15-11-25(9-8-14(15)10-20(26)28)21(29)18-2-1-3-19-23-13-24-27(18)19/h1-7,10,12-13H,8-9,11H2. The number of aromatic nitrogens is 4. The van der Waals surface area contributed by atoms with Crippen LogP contribution >= 0.6 is 0 Å². The van der Waals surface area contributed by atoms with Crippen molar-refractivity contribution < 1.29 is 9.18 Å². The van der Waals surface area contributed by atoms with Gasteiger partial charge in [0.15, 0.2) is 5.65 Å². The van der Waals surface area contributed by atoms with Gasteiger partial charge in [-0.2, -0.15) is 5.10 Å². The quantitative estimate of drug-likeness (QED) is 0.527. The fourth-order valence-electron chi connectivity index (χ4n) is 3.68. The Morgan fingerprint density at radius 3 is 2.72 bits per heavy atom. The number of carbonyl (C=O) groups excluding carboxylic acids is 1. The number of benzene rings is 1. The van der Waals surface area contributed by atoms with E-state index in [0.717, 1.165) is 11.1 Å². The highest BCUT2D eigenvalue weighted by Gasteiger charge is 2.24. The van der Waals surface area contributed by atoms with Crippen molar-refractivity contribution in [1.29, 1.82) is 0 Å². The molecule has 0 aliphatic carbocycles. The third-order valence-corrected chi connectivity index (χ3v) is 5.16. The number of fused-ring (bicyclic) bond motifs is 2. The van der Waals surface area contributed by atoms with Gasteiger partial charge in [0.25, 0.3) is 11.5 Å². The van der Waals surface area contributed by atoms with Gasteiger partial charge in [0, 0.05) is 31.0 Å². The molecule has 8 heteroatoms. The zero-order valence-electron chi connectivity index (χ0n) is 15.3. The fraction of sp³-hybridized carbons (Fsp3) is 0.143. The van der Waals surface area contributed by atoms with Crippen molar-refractivity contribution in [2.45, 2.75) is 13.0 Å². The average molecular weight is 389 g/mol. The Balaban J connectivity index is 1.49. The molecule has 0 bridgehead atoms. The molecule has 1 amide bonds. The molecular weight excluding hydrogens is 373 g/mol. The van der Waals surface area contributed by atoms with Crippen LogP contribution in [0.15, 0.2) is 65.8 Å². The van der Waals surface area contributed by atoms with Crippen molar-refractivity contribution >= 4 is 11.6 Å². The predicted molar refractivity (Wildman–Crippen MR) is 103 cm³/mol. The minimum absolute atomic E-state index is 0.147. The zero-order chi connectivity index (χ0) is 20.0. The summed E-state index contributed by atoms with van der Waals surface area (Å²) in [5.41, 5.74) is 3.27. The molecule has 29 heavy (non-hydrogen) atoms. The maximum atomic E-state index is 13.2. The maximum absolute atomic E-state index is 13.2. The van der Waals surface area contributed by atoms with Crippen LogP contribution in [0.5, 0.6) is 0 Å². The summed E-state index contributed by atoms with van der Waals surface area (Å²) < 4.78 is 16.2. The summed E-state index contributed by atoms with van der Waals surface area (Å²) in [6.45, 7) is 0.887. The first-order valence-corrected chi connectivity index (χ1v) is 9.18. The van der Waals surface area contributed by atoms with Gasteiger partial charge in [0.2, 0.25) is 0 Å². The molecule has 1 aromatic carbocycles. The molecule has 0 saturated carbocycles. The molecule has 4 aromatic rings.